The van der Waals surface area contributed by atoms with Crippen LogP contribution in [0.15, 0.2) is 91.0 Å². The highest BCUT2D eigenvalue weighted by atomic mass is 35.5. The molecule has 36 heavy (non-hydrogen) atoms. The van der Waals surface area contributed by atoms with Crippen molar-refractivity contribution in [2.24, 2.45) is 0 Å². The number of alkyl halides is 1. The van der Waals surface area contributed by atoms with Gasteiger partial charge in [0.15, 0.2) is 5.56 Å². The molecular formula is C29H31ClO6. The molecule has 0 radical (unpaired) electrons. The van der Waals surface area contributed by atoms with Gasteiger partial charge >= 0.3 is 5.97 Å². The first-order valence-corrected chi connectivity index (χ1v) is 12.4. The fourth-order valence-corrected chi connectivity index (χ4v) is 4.41. The molecule has 7 heteroatoms. The van der Waals surface area contributed by atoms with E-state index in [0.29, 0.717) is 19.8 Å². The second kappa shape index (κ2) is 13.5. The number of ether oxygens (including phenoxy) is 5. The van der Waals surface area contributed by atoms with Crippen LogP contribution in [0.5, 0.6) is 0 Å². The predicted molar refractivity (Wildman–Crippen MR) is 136 cm³/mol. The summed E-state index contributed by atoms with van der Waals surface area (Å²) in [4.78, 5) is 11.6. The smallest absolute Gasteiger partial charge is 0.302 e. The molecule has 1 fully saturated rings. The number of hydrogen-bond acceptors (Lipinski definition) is 6. The van der Waals surface area contributed by atoms with E-state index in [4.69, 9.17) is 35.3 Å². The van der Waals surface area contributed by atoms with Crippen molar-refractivity contribution < 1.29 is 28.5 Å². The monoisotopic (exact) mass is 510 g/mol. The fourth-order valence-electron chi connectivity index (χ4n) is 4.07. The van der Waals surface area contributed by atoms with Crippen molar-refractivity contribution >= 4 is 17.6 Å². The third-order valence-corrected chi connectivity index (χ3v) is 6.24. The van der Waals surface area contributed by atoms with Crippen molar-refractivity contribution in [1.82, 2.24) is 0 Å². The lowest BCUT2D eigenvalue weighted by Gasteiger charge is -2.44. The number of rotatable bonds is 11. The normalized spacial score (nSPS) is 23.8. The van der Waals surface area contributed by atoms with Crippen molar-refractivity contribution in [1.29, 1.82) is 0 Å². The Morgan fingerprint density at radius 2 is 1.11 bits per heavy atom. The summed E-state index contributed by atoms with van der Waals surface area (Å²) in [5, 5.41) is 0. The maximum absolute atomic E-state index is 11.6. The van der Waals surface area contributed by atoms with Gasteiger partial charge in [0.05, 0.1) is 19.8 Å². The number of carbonyl (C=O) groups is 1. The van der Waals surface area contributed by atoms with E-state index in [0.717, 1.165) is 16.7 Å². The maximum Gasteiger partial charge on any atom is 0.302 e. The Kier molecular flexibility index (Phi) is 9.90. The molecule has 1 heterocycles. The zero-order valence-corrected chi connectivity index (χ0v) is 21.0. The molecule has 1 aliphatic rings. The number of hydrogen-bond donors (Lipinski definition) is 0. The van der Waals surface area contributed by atoms with Crippen LogP contribution < -0.4 is 0 Å². The summed E-state index contributed by atoms with van der Waals surface area (Å²) in [6, 6.07) is 29.5. The van der Waals surface area contributed by atoms with Crippen LogP contribution >= 0.6 is 11.6 Å². The Morgan fingerprint density at radius 3 is 1.56 bits per heavy atom. The Morgan fingerprint density at radius 1 is 0.694 bits per heavy atom. The maximum atomic E-state index is 11.6. The van der Waals surface area contributed by atoms with Gasteiger partial charge in [-0.25, -0.2) is 0 Å². The molecule has 0 unspecified atom stereocenters. The van der Waals surface area contributed by atoms with Gasteiger partial charge in [-0.1, -0.05) is 103 Å². The summed E-state index contributed by atoms with van der Waals surface area (Å²) >= 11 is 6.69. The fraction of sp³-hybridized carbons (Fsp3) is 0.345. The highest BCUT2D eigenvalue weighted by Crippen LogP contribution is 2.32. The Labute approximate surface area is 217 Å². The van der Waals surface area contributed by atoms with E-state index in [1.165, 1.54) is 6.92 Å². The SMILES string of the molecule is CC(=O)OC[C@H]1O[C@H](Cl)[C@H](OCc2ccccc2)[C@@H](OCc2ccccc2)[C@@H]1OCc1ccccc1. The van der Waals surface area contributed by atoms with Gasteiger partial charge in [-0.2, -0.15) is 0 Å². The standard InChI is InChI=1S/C29H31ClO6/c1-21(31)32-20-25-26(33-17-22-11-5-2-6-12-22)27(34-18-23-13-7-3-8-14-23)28(29(30)36-25)35-19-24-15-9-4-10-16-24/h2-16,25-29H,17-20H2,1H3/t25-,26-,27+,28-,29+/m1/s1. The average Bonchev–Trinajstić information content (AvgIpc) is 2.91. The van der Waals surface area contributed by atoms with E-state index in [-0.39, 0.29) is 6.61 Å². The zero-order valence-electron chi connectivity index (χ0n) is 20.2. The first-order chi connectivity index (χ1) is 17.6. The third kappa shape index (κ3) is 7.63. The quantitative estimate of drug-likeness (QED) is 0.259. The zero-order chi connectivity index (χ0) is 25.2. The molecule has 0 spiro atoms. The van der Waals surface area contributed by atoms with E-state index in [2.05, 4.69) is 0 Å². The molecule has 6 nitrogen and oxygen atoms in total. The average molecular weight is 511 g/mol. The lowest BCUT2D eigenvalue weighted by Crippen LogP contribution is -2.59. The largest absolute Gasteiger partial charge is 0.463 e. The second-order valence-corrected chi connectivity index (χ2v) is 9.04. The van der Waals surface area contributed by atoms with Gasteiger partial charge in [0, 0.05) is 6.92 Å². The van der Waals surface area contributed by atoms with Crippen molar-refractivity contribution in [3.8, 4) is 0 Å². The predicted octanol–water partition coefficient (Wildman–Crippen LogP) is 5.27. The lowest BCUT2D eigenvalue weighted by atomic mass is 9.99. The molecule has 1 saturated heterocycles. The summed E-state index contributed by atoms with van der Waals surface area (Å²) in [6.07, 6.45) is -2.42. The minimum Gasteiger partial charge on any atom is -0.463 e. The first kappa shape index (κ1) is 26.3. The minimum atomic E-state index is -0.827. The minimum absolute atomic E-state index is 0.00535. The molecule has 4 rings (SSSR count). The van der Waals surface area contributed by atoms with Crippen molar-refractivity contribution in [2.45, 2.75) is 56.7 Å². The Hall–Kier alpha value is -2.74. The summed E-state index contributed by atoms with van der Waals surface area (Å²) < 4.78 is 30.4. The third-order valence-electron chi connectivity index (χ3n) is 5.88. The van der Waals surface area contributed by atoms with Gasteiger partial charge in [0.2, 0.25) is 0 Å². The van der Waals surface area contributed by atoms with Crippen LogP contribution in [-0.2, 0) is 48.3 Å². The topological polar surface area (TPSA) is 63.2 Å². The number of esters is 1. The van der Waals surface area contributed by atoms with E-state index in [9.17, 15) is 4.79 Å². The molecule has 0 aromatic heterocycles. The highest BCUT2D eigenvalue weighted by molar-refractivity contribution is 6.20. The molecule has 190 valence electrons. The van der Waals surface area contributed by atoms with Crippen LogP contribution in [0.4, 0.5) is 0 Å². The molecule has 3 aromatic carbocycles. The molecule has 0 amide bonds. The second-order valence-electron chi connectivity index (χ2n) is 8.61. The number of benzene rings is 3. The van der Waals surface area contributed by atoms with E-state index in [1.54, 1.807) is 0 Å². The van der Waals surface area contributed by atoms with Gasteiger partial charge in [0.25, 0.3) is 0 Å². The molecule has 0 bridgehead atoms. The van der Waals surface area contributed by atoms with Gasteiger partial charge in [-0.05, 0) is 16.7 Å². The number of carbonyl (C=O) groups excluding carboxylic acids is 1. The van der Waals surface area contributed by atoms with Crippen LogP contribution in [0.2, 0.25) is 0 Å². The molecule has 3 aromatic rings. The van der Waals surface area contributed by atoms with Crippen molar-refractivity contribution in [3.63, 3.8) is 0 Å². The molecule has 5 atom stereocenters. The summed E-state index contributed by atoms with van der Waals surface area (Å²) in [5.41, 5.74) is 2.19. The molecule has 0 saturated carbocycles. The molecule has 0 N–H and O–H groups in total. The van der Waals surface area contributed by atoms with E-state index >= 15 is 0 Å². The van der Waals surface area contributed by atoms with E-state index < -0.39 is 35.9 Å². The van der Waals surface area contributed by atoms with Crippen LogP contribution in [0.1, 0.15) is 23.6 Å². The van der Waals surface area contributed by atoms with Crippen molar-refractivity contribution in [3.05, 3.63) is 108 Å². The summed E-state index contributed by atoms with van der Waals surface area (Å²) in [6.45, 7) is 2.36. The summed E-state index contributed by atoms with van der Waals surface area (Å²) in [5.74, 6) is -0.407. The van der Waals surface area contributed by atoms with Crippen LogP contribution in [-0.4, -0.2) is 42.6 Å². The van der Waals surface area contributed by atoms with Gasteiger partial charge in [-0.15, -0.1) is 0 Å². The summed E-state index contributed by atoms with van der Waals surface area (Å²) in [7, 11) is 0. The number of halogens is 1. The first-order valence-electron chi connectivity index (χ1n) is 12.0. The van der Waals surface area contributed by atoms with Crippen molar-refractivity contribution in [2.75, 3.05) is 6.61 Å². The van der Waals surface area contributed by atoms with E-state index in [1.807, 2.05) is 91.0 Å². The molecule has 0 aliphatic carbocycles. The van der Waals surface area contributed by atoms with Gasteiger partial charge in [0.1, 0.15) is 31.0 Å². The van der Waals surface area contributed by atoms with Gasteiger partial charge in [-0.3, -0.25) is 4.79 Å². The molecular weight excluding hydrogens is 480 g/mol. The van der Waals surface area contributed by atoms with Crippen LogP contribution in [0.3, 0.4) is 0 Å². The van der Waals surface area contributed by atoms with Crippen LogP contribution in [0, 0.1) is 0 Å². The molecule has 1 aliphatic heterocycles. The lowest BCUT2D eigenvalue weighted by molar-refractivity contribution is -0.255. The van der Waals surface area contributed by atoms with Gasteiger partial charge < -0.3 is 23.7 Å². The Balaban J connectivity index is 1.57. The van der Waals surface area contributed by atoms with Crippen LogP contribution in [0.25, 0.3) is 0 Å². The highest BCUT2D eigenvalue weighted by Gasteiger charge is 2.48. The Bertz CT molecular complexity index is 1050.